The van der Waals surface area contributed by atoms with Gasteiger partial charge in [-0.15, -0.1) is 0 Å². The van der Waals surface area contributed by atoms with E-state index in [1.165, 1.54) is 11.1 Å². The number of likely N-dealkylation sites (tertiary alicyclic amines) is 1. The highest BCUT2D eigenvalue weighted by molar-refractivity contribution is 5.59. The molecule has 2 heterocycles. The minimum atomic E-state index is -0.172. The van der Waals surface area contributed by atoms with Gasteiger partial charge in [0.2, 0.25) is 0 Å². The average molecular weight is 296 g/mol. The van der Waals surface area contributed by atoms with E-state index in [9.17, 15) is 5.11 Å². The lowest BCUT2D eigenvalue weighted by Crippen LogP contribution is -2.36. The van der Waals surface area contributed by atoms with Crippen molar-refractivity contribution in [2.24, 2.45) is 5.92 Å². The molecule has 3 nitrogen and oxygen atoms in total. The van der Waals surface area contributed by atoms with Crippen LogP contribution in [0.2, 0.25) is 0 Å². The molecule has 0 spiro atoms. The molecule has 1 N–H and O–H groups in total. The molecule has 1 saturated heterocycles. The number of aromatic nitrogens is 1. The molecular weight excluding hydrogens is 272 g/mol. The van der Waals surface area contributed by atoms with E-state index in [1.807, 2.05) is 31.3 Å². The first-order chi connectivity index (χ1) is 10.7. The molecule has 1 aromatic heterocycles. The minimum absolute atomic E-state index is 0.172. The number of pyridine rings is 1. The predicted octanol–water partition coefficient (Wildman–Crippen LogP) is 3.34. The quantitative estimate of drug-likeness (QED) is 0.940. The normalized spacial score (nSPS) is 18.3. The Labute approximate surface area is 132 Å². The standard InChI is InChI=1S/C19H24N2O/c1-15(22)17-8-11-21(12-9-17)14-16-5-4-6-18(13-16)19-7-2-3-10-20-19/h2-7,10,13,15,17,22H,8-9,11-12,14H2,1H3. The molecule has 1 aliphatic heterocycles. The van der Waals surface area contributed by atoms with Gasteiger partial charge in [-0.05, 0) is 62.5 Å². The van der Waals surface area contributed by atoms with E-state index in [2.05, 4.69) is 34.1 Å². The van der Waals surface area contributed by atoms with Crippen LogP contribution in [0.1, 0.15) is 25.3 Å². The van der Waals surface area contributed by atoms with Gasteiger partial charge in [0.05, 0.1) is 11.8 Å². The second kappa shape index (κ2) is 7.03. The molecule has 1 fully saturated rings. The molecule has 3 heteroatoms. The summed E-state index contributed by atoms with van der Waals surface area (Å²) in [5.41, 5.74) is 3.53. The number of nitrogens with zero attached hydrogens (tertiary/aromatic N) is 2. The average Bonchev–Trinajstić information content (AvgIpc) is 2.56. The van der Waals surface area contributed by atoms with Crippen LogP contribution in [0.3, 0.4) is 0 Å². The van der Waals surface area contributed by atoms with Gasteiger partial charge in [0.25, 0.3) is 0 Å². The summed E-state index contributed by atoms with van der Waals surface area (Å²) < 4.78 is 0. The number of piperidine rings is 1. The second-order valence-electron chi connectivity index (χ2n) is 6.27. The molecule has 1 unspecified atom stereocenters. The van der Waals surface area contributed by atoms with Crippen LogP contribution in [0.4, 0.5) is 0 Å². The number of rotatable bonds is 4. The fourth-order valence-electron chi connectivity index (χ4n) is 3.21. The molecule has 1 aliphatic rings. The summed E-state index contributed by atoms with van der Waals surface area (Å²) in [6.45, 7) is 5.04. The molecule has 0 amide bonds. The van der Waals surface area contributed by atoms with Crippen LogP contribution in [0.15, 0.2) is 48.7 Å². The van der Waals surface area contributed by atoms with Gasteiger partial charge < -0.3 is 5.11 Å². The summed E-state index contributed by atoms with van der Waals surface area (Å²) in [4.78, 5) is 6.91. The third kappa shape index (κ3) is 3.73. The van der Waals surface area contributed by atoms with E-state index in [0.717, 1.165) is 38.2 Å². The molecule has 116 valence electrons. The zero-order valence-corrected chi connectivity index (χ0v) is 13.2. The Morgan fingerprint density at radius 3 is 2.68 bits per heavy atom. The highest BCUT2D eigenvalue weighted by Crippen LogP contribution is 2.23. The molecule has 0 bridgehead atoms. The van der Waals surface area contributed by atoms with Crippen molar-refractivity contribution in [2.45, 2.75) is 32.4 Å². The summed E-state index contributed by atoms with van der Waals surface area (Å²) in [7, 11) is 0. The van der Waals surface area contributed by atoms with Crippen molar-refractivity contribution in [3.63, 3.8) is 0 Å². The molecular formula is C19H24N2O. The first kappa shape index (κ1) is 15.2. The lowest BCUT2D eigenvalue weighted by Gasteiger charge is -2.33. The lowest BCUT2D eigenvalue weighted by molar-refractivity contribution is 0.0695. The van der Waals surface area contributed by atoms with E-state index in [1.54, 1.807) is 0 Å². The van der Waals surface area contributed by atoms with E-state index in [0.29, 0.717) is 5.92 Å². The first-order valence-electron chi connectivity index (χ1n) is 8.13. The van der Waals surface area contributed by atoms with Crippen molar-refractivity contribution in [2.75, 3.05) is 13.1 Å². The van der Waals surface area contributed by atoms with Crippen LogP contribution in [-0.2, 0) is 6.54 Å². The van der Waals surface area contributed by atoms with Gasteiger partial charge in [0.1, 0.15) is 0 Å². The number of benzene rings is 1. The van der Waals surface area contributed by atoms with Gasteiger partial charge in [-0.1, -0.05) is 24.3 Å². The molecule has 0 radical (unpaired) electrons. The van der Waals surface area contributed by atoms with E-state index in [-0.39, 0.29) is 6.10 Å². The van der Waals surface area contributed by atoms with E-state index in [4.69, 9.17) is 0 Å². The van der Waals surface area contributed by atoms with Crippen LogP contribution in [0.25, 0.3) is 11.3 Å². The Morgan fingerprint density at radius 1 is 1.18 bits per heavy atom. The maximum absolute atomic E-state index is 9.69. The Kier molecular flexibility index (Phi) is 4.86. The molecule has 3 rings (SSSR count). The van der Waals surface area contributed by atoms with Crippen molar-refractivity contribution in [3.05, 3.63) is 54.2 Å². The Morgan fingerprint density at radius 2 is 2.00 bits per heavy atom. The van der Waals surface area contributed by atoms with Gasteiger partial charge in [-0.25, -0.2) is 0 Å². The number of aliphatic hydroxyl groups excluding tert-OH is 1. The summed E-state index contributed by atoms with van der Waals surface area (Å²) >= 11 is 0. The summed E-state index contributed by atoms with van der Waals surface area (Å²) in [6, 6.07) is 14.7. The summed E-state index contributed by atoms with van der Waals surface area (Å²) in [5, 5.41) is 9.69. The molecule has 22 heavy (non-hydrogen) atoms. The molecule has 0 saturated carbocycles. The summed E-state index contributed by atoms with van der Waals surface area (Å²) in [6.07, 6.45) is 3.85. The molecule has 1 atom stereocenters. The highest BCUT2D eigenvalue weighted by atomic mass is 16.3. The second-order valence-corrected chi connectivity index (χ2v) is 6.27. The van der Waals surface area contributed by atoms with Crippen LogP contribution in [0.5, 0.6) is 0 Å². The molecule has 1 aromatic carbocycles. The highest BCUT2D eigenvalue weighted by Gasteiger charge is 2.22. The van der Waals surface area contributed by atoms with Crippen molar-refractivity contribution < 1.29 is 5.11 Å². The zero-order chi connectivity index (χ0) is 15.4. The van der Waals surface area contributed by atoms with Crippen LogP contribution in [-0.4, -0.2) is 34.2 Å². The topological polar surface area (TPSA) is 36.4 Å². The van der Waals surface area contributed by atoms with Gasteiger partial charge in [0, 0.05) is 18.3 Å². The zero-order valence-electron chi connectivity index (χ0n) is 13.2. The third-order valence-corrected chi connectivity index (χ3v) is 4.61. The van der Waals surface area contributed by atoms with Crippen molar-refractivity contribution in [1.29, 1.82) is 0 Å². The van der Waals surface area contributed by atoms with E-state index < -0.39 is 0 Å². The Bertz CT molecular complexity index is 589. The Balaban J connectivity index is 1.64. The van der Waals surface area contributed by atoms with Crippen LogP contribution >= 0.6 is 0 Å². The summed E-state index contributed by atoms with van der Waals surface area (Å²) in [5.74, 6) is 0.469. The predicted molar refractivity (Wildman–Crippen MR) is 89.4 cm³/mol. The number of hydrogen-bond donors (Lipinski definition) is 1. The monoisotopic (exact) mass is 296 g/mol. The first-order valence-corrected chi connectivity index (χ1v) is 8.13. The SMILES string of the molecule is CC(O)C1CCN(Cc2cccc(-c3ccccn3)c2)CC1. The molecule has 0 aliphatic carbocycles. The third-order valence-electron chi connectivity index (χ3n) is 4.61. The fourth-order valence-corrected chi connectivity index (χ4v) is 3.21. The van der Waals surface area contributed by atoms with Crippen molar-refractivity contribution in [3.8, 4) is 11.3 Å². The number of aliphatic hydroxyl groups is 1. The minimum Gasteiger partial charge on any atom is -0.393 e. The van der Waals surface area contributed by atoms with Crippen molar-refractivity contribution >= 4 is 0 Å². The van der Waals surface area contributed by atoms with E-state index >= 15 is 0 Å². The van der Waals surface area contributed by atoms with Gasteiger partial charge in [-0.2, -0.15) is 0 Å². The van der Waals surface area contributed by atoms with Crippen LogP contribution in [0, 0.1) is 5.92 Å². The number of hydrogen-bond acceptors (Lipinski definition) is 3. The van der Waals surface area contributed by atoms with Gasteiger partial charge in [-0.3, -0.25) is 9.88 Å². The maximum atomic E-state index is 9.69. The fraction of sp³-hybridized carbons (Fsp3) is 0.421. The van der Waals surface area contributed by atoms with Gasteiger partial charge in [0.15, 0.2) is 0 Å². The Hall–Kier alpha value is -1.71. The largest absolute Gasteiger partial charge is 0.393 e. The van der Waals surface area contributed by atoms with Crippen molar-refractivity contribution in [1.82, 2.24) is 9.88 Å². The van der Waals surface area contributed by atoms with Crippen LogP contribution < -0.4 is 0 Å². The molecule has 2 aromatic rings. The lowest BCUT2D eigenvalue weighted by atomic mass is 9.92. The smallest absolute Gasteiger partial charge is 0.0702 e. The maximum Gasteiger partial charge on any atom is 0.0702 e. The van der Waals surface area contributed by atoms with Gasteiger partial charge >= 0.3 is 0 Å².